The summed E-state index contributed by atoms with van der Waals surface area (Å²) in [6.45, 7) is 5.56. The van der Waals surface area contributed by atoms with Gasteiger partial charge in [-0.3, -0.25) is 5.43 Å². The van der Waals surface area contributed by atoms with Gasteiger partial charge in [0, 0.05) is 17.6 Å². The molecule has 21 heavy (non-hydrogen) atoms. The molecule has 1 aromatic carbocycles. The van der Waals surface area contributed by atoms with Gasteiger partial charge in [-0.2, -0.15) is 5.10 Å². The molecule has 2 aromatic rings. The lowest BCUT2D eigenvalue weighted by molar-refractivity contribution is 0.118. The molecule has 1 heterocycles. The number of nitrogens with one attached hydrogen (secondary N) is 1. The number of hydrazone groups is 1. The maximum atomic E-state index is 5.68. The minimum Gasteiger partial charge on any atom is -0.377 e. The summed E-state index contributed by atoms with van der Waals surface area (Å²) in [5.74, 6) is 0. The fourth-order valence-corrected chi connectivity index (χ4v) is 2.42. The molecular weight excluding hydrogens is 282 g/mol. The molecule has 0 aliphatic heterocycles. The number of nitrogens with zero attached hydrogens (tertiary/aromatic N) is 2. The van der Waals surface area contributed by atoms with Gasteiger partial charge in [-0.05, 0) is 18.9 Å². The topological polar surface area (TPSA) is 46.5 Å². The summed E-state index contributed by atoms with van der Waals surface area (Å²) in [6, 6.07) is 8.13. The normalized spacial score (nSPS) is 11.1. The van der Waals surface area contributed by atoms with Crippen molar-refractivity contribution < 1.29 is 4.74 Å². The Morgan fingerprint density at radius 1 is 1.38 bits per heavy atom. The second kappa shape index (κ2) is 8.54. The van der Waals surface area contributed by atoms with E-state index in [1.54, 1.807) is 11.3 Å². The van der Waals surface area contributed by atoms with Crippen LogP contribution in [0.25, 0.3) is 0 Å². The van der Waals surface area contributed by atoms with Gasteiger partial charge in [0.25, 0.3) is 0 Å². The van der Waals surface area contributed by atoms with Crippen LogP contribution >= 0.6 is 11.3 Å². The first-order valence-electron chi connectivity index (χ1n) is 7.16. The molecule has 0 fully saturated rings. The van der Waals surface area contributed by atoms with Gasteiger partial charge in [0.05, 0.1) is 18.5 Å². The van der Waals surface area contributed by atoms with E-state index in [0.29, 0.717) is 6.61 Å². The lowest BCUT2D eigenvalue weighted by Gasteiger charge is -2.06. The first kappa shape index (κ1) is 15.7. The first-order chi connectivity index (χ1) is 10.3. The first-order valence-corrected chi connectivity index (χ1v) is 8.04. The van der Waals surface area contributed by atoms with Crippen LogP contribution in [0.15, 0.2) is 34.7 Å². The third-order valence-corrected chi connectivity index (χ3v) is 3.80. The molecule has 0 atom stereocenters. The van der Waals surface area contributed by atoms with Gasteiger partial charge in [-0.25, -0.2) is 4.98 Å². The van der Waals surface area contributed by atoms with Crippen LogP contribution in [-0.4, -0.2) is 17.8 Å². The highest BCUT2D eigenvalue weighted by molar-refractivity contribution is 7.13. The maximum absolute atomic E-state index is 5.68. The van der Waals surface area contributed by atoms with E-state index in [9.17, 15) is 0 Å². The summed E-state index contributed by atoms with van der Waals surface area (Å²) in [6.07, 6.45) is 4.07. The Balaban J connectivity index is 1.92. The van der Waals surface area contributed by atoms with E-state index < -0.39 is 0 Å². The van der Waals surface area contributed by atoms with Gasteiger partial charge in [0.2, 0.25) is 5.13 Å². The van der Waals surface area contributed by atoms with Crippen LogP contribution in [0.3, 0.4) is 0 Å². The van der Waals surface area contributed by atoms with Crippen molar-refractivity contribution in [3.05, 3.63) is 46.5 Å². The molecule has 112 valence electrons. The van der Waals surface area contributed by atoms with Crippen LogP contribution < -0.4 is 5.43 Å². The quantitative estimate of drug-likeness (QED) is 0.451. The van der Waals surface area contributed by atoms with E-state index in [4.69, 9.17) is 4.74 Å². The molecule has 0 unspecified atom stereocenters. The number of unbranched alkanes of at least 4 members (excludes halogenated alkanes) is 1. The average Bonchev–Trinajstić information content (AvgIpc) is 2.91. The van der Waals surface area contributed by atoms with E-state index in [1.807, 2.05) is 36.7 Å². The maximum Gasteiger partial charge on any atom is 0.203 e. The van der Waals surface area contributed by atoms with Crippen molar-refractivity contribution in [2.45, 2.75) is 33.3 Å². The van der Waals surface area contributed by atoms with Crippen LogP contribution in [0.4, 0.5) is 5.13 Å². The van der Waals surface area contributed by atoms with E-state index in [0.717, 1.165) is 41.4 Å². The molecule has 0 bridgehead atoms. The van der Waals surface area contributed by atoms with Crippen LogP contribution in [0.5, 0.6) is 0 Å². The summed E-state index contributed by atoms with van der Waals surface area (Å²) < 4.78 is 5.68. The molecule has 5 heteroatoms. The molecule has 0 saturated carbocycles. The number of hydrogen-bond donors (Lipinski definition) is 1. The Hall–Kier alpha value is -1.72. The largest absolute Gasteiger partial charge is 0.377 e. The Labute approximate surface area is 129 Å². The standard InChI is InChI=1S/C16H21N3OS/c1-3-4-9-20-11-15-8-6-5-7-14(15)10-17-19-16-18-13(2)12-21-16/h5-8,10,12H,3-4,9,11H2,1-2H3,(H,18,19). The summed E-state index contributed by atoms with van der Waals surface area (Å²) >= 11 is 1.55. The Morgan fingerprint density at radius 3 is 3.00 bits per heavy atom. The van der Waals surface area contributed by atoms with Crippen LogP contribution in [0.1, 0.15) is 36.6 Å². The van der Waals surface area contributed by atoms with E-state index in [-0.39, 0.29) is 0 Å². The van der Waals surface area contributed by atoms with Crippen LogP contribution in [-0.2, 0) is 11.3 Å². The molecule has 0 saturated heterocycles. The molecular formula is C16H21N3OS. The number of aromatic nitrogens is 1. The highest BCUT2D eigenvalue weighted by atomic mass is 32.1. The van der Waals surface area contributed by atoms with Gasteiger partial charge in [0.1, 0.15) is 0 Å². The van der Waals surface area contributed by atoms with Crippen molar-refractivity contribution in [3.63, 3.8) is 0 Å². The number of aryl methyl sites for hydroxylation is 1. The fourth-order valence-electron chi connectivity index (χ4n) is 1.78. The summed E-state index contributed by atoms with van der Waals surface area (Å²) in [7, 11) is 0. The Bertz CT molecular complexity index is 580. The predicted octanol–water partition coefficient (Wildman–Crippen LogP) is 4.21. The minimum absolute atomic E-state index is 0.624. The highest BCUT2D eigenvalue weighted by Gasteiger charge is 2.00. The zero-order chi connectivity index (χ0) is 14.9. The monoisotopic (exact) mass is 303 g/mol. The lowest BCUT2D eigenvalue weighted by atomic mass is 10.1. The SMILES string of the molecule is CCCCOCc1ccccc1C=NNc1nc(C)cs1. The molecule has 0 radical (unpaired) electrons. The number of hydrogen-bond acceptors (Lipinski definition) is 5. The molecule has 0 aliphatic rings. The van der Waals surface area contributed by atoms with Crippen molar-refractivity contribution in [1.82, 2.24) is 4.98 Å². The summed E-state index contributed by atoms with van der Waals surface area (Å²) in [5.41, 5.74) is 6.17. The summed E-state index contributed by atoms with van der Waals surface area (Å²) in [4.78, 5) is 4.30. The molecule has 0 aliphatic carbocycles. The van der Waals surface area contributed by atoms with E-state index in [2.05, 4.69) is 28.5 Å². The number of anilines is 1. The van der Waals surface area contributed by atoms with Gasteiger partial charge in [0.15, 0.2) is 0 Å². The second-order valence-corrected chi connectivity index (χ2v) is 5.63. The van der Waals surface area contributed by atoms with Crippen molar-refractivity contribution in [3.8, 4) is 0 Å². The second-order valence-electron chi connectivity index (χ2n) is 4.77. The van der Waals surface area contributed by atoms with Crippen molar-refractivity contribution >= 4 is 22.7 Å². The predicted molar refractivity (Wildman–Crippen MR) is 89.1 cm³/mol. The van der Waals surface area contributed by atoms with Gasteiger partial charge in [-0.15, -0.1) is 11.3 Å². The summed E-state index contributed by atoms with van der Waals surface area (Å²) in [5, 5.41) is 7.05. The number of thiazole rings is 1. The molecule has 1 aromatic heterocycles. The smallest absolute Gasteiger partial charge is 0.203 e. The fraction of sp³-hybridized carbons (Fsp3) is 0.375. The lowest BCUT2D eigenvalue weighted by Crippen LogP contribution is -1.99. The van der Waals surface area contributed by atoms with Gasteiger partial charge in [-0.1, -0.05) is 37.6 Å². The highest BCUT2D eigenvalue weighted by Crippen LogP contribution is 2.14. The van der Waals surface area contributed by atoms with Gasteiger partial charge >= 0.3 is 0 Å². The zero-order valence-electron chi connectivity index (χ0n) is 12.5. The Kier molecular flexibility index (Phi) is 6.37. The van der Waals surface area contributed by atoms with Crippen molar-refractivity contribution in [2.75, 3.05) is 12.0 Å². The zero-order valence-corrected chi connectivity index (χ0v) is 13.3. The molecule has 0 spiro atoms. The van der Waals surface area contributed by atoms with E-state index in [1.165, 1.54) is 0 Å². The molecule has 2 rings (SSSR count). The van der Waals surface area contributed by atoms with Crippen LogP contribution in [0, 0.1) is 6.92 Å². The molecule has 4 nitrogen and oxygen atoms in total. The van der Waals surface area contributed by atoms with Crippen LogP contribution in [0.2, 0.25) is 0 Å². The Morgan fingerprint density at radius 2 is 2.24 bits per heavy atom. The molecule has 0 amide bonds. The third kappa shape index (κ3) is 5.28. The minimum atomic E-state index is 0.624. The average molecular weight is 303 g/mol. The van der Waals surface area contributed by atoms with E-state index >= 15 is 0 Å². The number of benzene rings is 1. The number of rotatable bonds is 8. The molecule has 1 N–H and O–H groups in total. The van der Waals surface area contributed by atoms with Gasteiger partial charge < -0.3 is 4.74 Å². The van der Waals surface area contributed by atoms with Crippen molar-refractivity contribution in [1.29, 1.82) is 0 Å². The third-order valence-electron chi connectivity index (χ3n) is 2.94. The number of ether oxygens (including phenoxy) is 1. The van der Waals surface area contributed by atoms with Crippen molar-refractivity contribution in [2.24, 2.45) is 5.10 Å².